The van der Waals surface area contributed by atoms with E-state index in [0.29, 0.717) is 17.2 Å². The predicted octanol–water partition coefficient (Wildman–Crippen LogP) is 4.00. The Morgan fingerprint density at radius 2 is 2.18 bits per heavy atom. The molecule has 1 atom stereocenters. The Labute approximate surface area is 102 Å². The monoisotopic (exact) mass is 234 g/mol. The summed E-state index contributed by atoms with van der Waals surface area (Å²) in [6.07, 6.45) is 3.35. The van der Waals surface area contributed by atoms with Crippen LogP contribution in [-0.4, -0.2) is 6.04 Å². The molecule has 1 rings (SSSR count). The third-order valence-corrected chi connectivity index (χ3v) is 2.87. The molecule has 0 radical (unpaired) electrons. The van der Waals surface area contributed by atoms with Gasteiger partial charge < -0.3 is 5.32 Å². The van der Waals surface area contributed by atoms with Crippen molar-refractivity contribution in [1.29, 1.82) is 5.26 Å². The Morgan fingerprint density at radius 1 is 1.47 bits per heavy atom. The van der Waals surface area contributed by atoms with Crippen molar-refractivity contribution in [2.75, 3.05) is 5.32 Å². The quantitative estimate of drug-likeness (QED) is 0.836. The minimum absolute atomic E-state index is 0.294. The first-order chi connectivity index (χ1) is 8.08. The van der Waals surface area contributed by atoms with E-state index in [4.69, 9.17) is 5.26 Å². The number of hydrogen-bond donors (Lipinski definition) is 1. The molecule has 1 aromatic carbocycles. The van der Waals surface area contributed by atoms with E-state index in [1.807, 2.05) is 6.07 Å². The van der Waals surface area contributed by atoms with E-state index >= 15 is 0 Å². The lowest BCUT2D eigenvalue weighted by molar-refractivity contribution is 0.615. The second-order valence-electron chi connectivity index (χ2n) is 4.43. The highest BCUT2D eigenvalue weighted by Gasteiger charge is 2.09. The summed E-state index contributed by atoms with van der Waals surface area (Å²) < 4.78 is 13.5. The van der Waals surface area contributed by atoms with E-state index in [1.165, 1.54) is 6.07 Å². The number of nitrogens with one attached hydrogen (secondary N) is 1. The van der Waals surface area contributed by atoms with Gasteiger partial charge in [0, 0.05) is 17.3 Å². The molecule has 0 saturated carbocycles. The van der Waals surface area contributed by atoms with Crippen LogP contribution >= 0.6 is 0 Å². The summed E-state index contributed by atoms with van der Waals surface area (Å²) in [4.78, 5) is 0. The number of unbranched alkanes of at least 4 members (excludes halogenated alkanes) is 1. The summed E-state index contributed by atoms with van der Waals surface area (Å²) in [5.41, 5.74) is 1.66. The lowest BCUT2D eigenvalue weighted by Crippen LogP contribution is -2.16. The van der Waals surface area contributed by atoms with Gasteiger partial charge in [0.15, 0.2) is 0 Å². The molecule has 2 nitrogen and oxygen atoms in total. The van der Waals surface area contributed by atoms with Crippen LogP contribution < -0.4 is 5.32 Å². The van der Waals surface area contributed by atoms with Crippen LogP contribution in [-0.2, 0) is 0 Å². The molecule has 1 aromatic rings. The minimum Gasteiger partial charge on any atom is -0.382 e. The highest BCUT2D eigenvalue weighted by atomic mass is 19.1. The molecule has 3 heteroatoms. The number of benzene rings is 1. The highest BCUT2D eigenvalue weighted by Crippen LogP contribution is 2.22. The number of rotatable bonds is 5. The summed E-state index contributed by atoms with van der Waals surface area (Å²) in [6.45, 7) is 5.95. The van der Waals surface area contributed by atoms with Gasteiger partial charge in [0.25, 0.3) is 0 Å². The van der Waals surface area contributed by atoms with Gasteiger partial charge in [-0.3, -0.25) is 0 Å². The predicted molar refractivity (Wildman–Crippen MR) is 68.5 cm³/mol. The van der Waals surface area contributed by atoms with Gasteiger partial charge in [-0.05, 0) is 32.4 Å². The zero-order valence-corrected chi connectivity index (χ0v) is 10.7. The third-order valence-electron chi connectivity index (χ3n) is 2.87. The van der Waals surface area contributed by atoms with Crippen molar-refractivity contribution >= 4 is 5.69 Å². The Morgan fingerprint density at radius 3 is 2.76 bits per heavy atom. The summed E-state index contributed by atoms with van der Waals surface area (Å²) in [5, 5.41) is 12.1. The largest absolute Gasteiger partial charge is 0.382 e. The standard InChI is InChI=1S/C14H19FN2/c1-4-5-6-10(2)17-14-8-12(9-16)7-13(15)11(14)3/h7-8,10,17H,4-6H2,1-3H3. The molecule has 1 unspecified atom stereocenters. The molecule has 0 aliphatic rings. The second-order valence-corrected chi connectivity index (χ2v) is 4.43. The molecule has 0 fully saturated rings. The van der Waals surface area contributed by atoms with Gasteiger partial charge in [-0.1, -0.05) is 19.8 Å². The zero-order valence-electron chi connectivity index (χ0n) is 10.7. The van der Waals surface area contributed by atoms with Gasteiger partial charge in [-0.15, -0.1) is 0 Å². The van der Waals surface area contributed by atoms with Crippen molar-refractivity contribution in [1.82, 2.24) is 0 Å². The van der Waals surface area contributed by atoms with Crippen molar-refractivity contribution in [2.45, 2.75) is 46.1 Å². The Hall–Kier alpha value is -1.56. The van der Waals surface area contributed by atoms with Crippen molar-refractivity contribution in [3.05, 3.63) is 29.1 Å². The number of hydrogen-bond acceptors (Lipinski definition) is 2. The number of nitriles is 1. The normalized spacial score (nSPS) is 11.9. The van der Waals surface area contributed by atoms with E-state index in [2.05, 4.69) is 19.2 Å². The van der Waals surface area contributed by atoms with Crippen LogP contribution in [0.3, 0.4) is 0 Å². The van der Waals surface area contributed by atoms with Crippen LogP contribution in [0.5, 0.6) is 0 Å². The number of halogens is 1. The van der Waals surface area contributed by atoms with E-state index in [9.17, 15) is 4.39 Å². The first-order valence-electron chi connectivity index (χ1n) is 6.05. The first kappa shape index (κ1) is 13.5. The van der Waals surface area contributed by atoms with Gasteiger partial charge in [-0.2, -0.15) is 5.26 Å². The molecule has 0 aliphatic carbocycles. The van der Waals surface area contributed by atoms with E-state index < -0.39 is 0 Å². The molecule has 92 valence electrons. The van der Waals surface area contributed by atoms with E-state index in [0.717, 1.165) is 24.9 Å². The molecular formula is C14H19FN2. The van der Waals surface area contributed by atoms with Gasteiger partial charge >= 0.3 is 0 Å². The topological polar surface area (TPSA) is 35.8 Å². The van der Waals surface area contributed by atoms with Gasteiger partial charge in [0.2, 0.25) is 0 Å². The fraction of sp³-hybridized carbons (Fsp3) is 0.500. The molecule has 17 heavy (non-hydrogen) atoms. The fourth-order valence-corrected chi connectivity index (χ4v) is 1.74. The molecule has 0 saturated heterocycles. The summed E-state index contributed by atoms with van der Waals surface area (Å²) in [7, 11) is 0. The highest BCUT2D eigenvalue weighted by molar-refractivity contribution is 5.56. The molecule has 0 amide bonds. The van der Waals surface area contributed by atoms with Crippen LogP contribution in [0, 0.1) is 24.1 Å². The average Bonchev–Trinajstić information content (AvgIpc) is 2.32. The minimum atomic E-state index is -0.325. The molecule has 0 spiro atoms. The molecule has 0 heterocycles. The lowest BCUT2D eigenvalue weighted by Gasteiger charge is -2.17. The smallest absolute Gasteiger partial charge is 0.129 e. The average molecular weight is 234 g/mol. The maximum Gasteiger partial charge on any atom is 0.129 e. The Kier molecular flexibility index (Phi) is 4.96. The summed E-state index contributed by atoms with van der Waals surface area (Å²) >= 11 is 0. The van der Waals surface area contributed by atoms with E-state index in [1.54, 1.807) is 13.0 Å². The Balaban J connectivity index is 2.83. The second kappa shape index (κ2) is 6.24. The Bertz CT molecular complexity index is 421. The first-order valence-corrected chi connectivity index (χ1v) is 6.05. The molecule has 0 aromatic heterocycles. The van der Waals surface area contributed by atoms with Crippen LogP contribution in [0.25, 0.3) is 0 Å². The van der Waals surface area contributed by atoms with Crippen LogP contribution in [0.2, 0.25) is 0 Å². The lowest BCUT2D eigenvalue weighted by atomic mass is 10.1. The maximum absolute atomic E-state index is 13.5. The molecule has 0 aliphatic heterocycles. The van der Waals surface area contributed by atoms with Gasteiger partial charge in [0.1, 0.15) is 5.82 Å². The fourth-order valence-electron chi connectivity index (χ4n) is 1.74. The van der Waals surface area contributed by atoms with Crippen molar-refractivity contribution < 1.29 is 4.39 Å². The molecule has 0 bridgehead atoms. The van der Waals surface area contributed by atoms with Crippen LogP contribution in [0.15, 0.2) is 12.1 Å². The van der Waals surface area contributed by atoms with E-state index in [-0.39, 0.29) is 5.82 Å². The van der Waals surface area contributed by atoms with Crippen molar-refractivity contribution in [3.8, 4) is 6.07 Å². The van der Waals surface area contributed by atoms with Crippen molar-refractivity contribution in [2.24, 2.45) is 0 Å². The summed E-state index contributed by atoms with van der Waals surface area (Å²) in [6, 6.07) is 5.25. The third kappa shape index (κ3) is 3.74. The number of nitrogens with zero attached hydrogens (tertiary/aromatic N) is 1. The number of anilines is 1. The molecule has 1 N–H and O–H groups in total. The summed E-state index contributed by atoms with van der Waals surface area (Å²) in [5.74, 6) is -0.325. The van der Waals surface area contributed by atoms with Gasteiger partial charge in [0.05, 0.1) is 11.6 Å². The maximum atomic E-state index is 13.5. The van der Waals surface area contributed by atoms with Crippen molar-refractivity contribution in [3.63, 3.8) is 0 Å². The zero-order chi connectivity index (χ0) is 12.8. The SMILES string of the molecule is CCCCC(C)Nc1cc(C#N)cc(F)c1C. The van der Waals surface area contributed by atoms with Crippen LogP contribution in [0.4, 0.5) is 10.1 Å². The van der Waals surface area contributed by atoms with Crippen LogP contribution in [0.1, 0.15) is 44.2 Å². The molecular weight excluding hydrogens is 215 g/mol. The van der Waals surface area contributed by atoms with Gasteiger partial charge in [-0.25, -0.2) is 4.39 Å².